The summed E-state index contributed by atoms with van der Waals surface area (Å²) in [6.07, 6.45) is 0. The molecule has 4 amide bonds. The minimum atomic E-state index is -1.40. The Balaban J connectivity index is 1.75. The molecule has 0 spiro atoms. The molecule has 0 saturated carbocycles. The van der Waals surface area contributed by atoms with Gasteiger partial charge in [-0.15, -0.1) is 0 Å². The Labute approximate surface area is 154 Å². The lowest BCUT2D eigenvalue weighted by molar-refractivity contribution is -0.384. The van der Waals surface area contributed by atoms with E-state index in [1.807, 2.05) is 0 Å². The molecule has 0 bridgehead atoms. The highest BCUT2D eigenvalue weighted by Crippen LogP contribution is 2.30. The number of nitro groups is 1. The zero-order valence-electron chi connectivity index (χ0n) is 14.3. The van der Waals surface area contributed by atoms with Crippen LogP contribution in [0.3, 0.4) is 0 Å². The van der Waals surface area contributed by atoms with E-state index in [0.29, 0.717) is 11.3 Å². The molecule has 0 unspecified atom stereocenters. The van der Waals surface area contributed by atoms with Crippen molar-refractivity contribution in [3.63, 3.8) is 0 Å². The van der Waals surface area contributed by atoms with Crippen molar-refractivity contribution in [1.29, 1.82) is 0 Å². The van der Waals surface area contributed by atoms with Crippen molar-refractivity contribution in [3.05, 3.63) is 70.3 Å². The summed E-state index contributed by atoms with van der Waals surface area (Å²) in [6, 6.07) is 13.3. The Bertz CT molecular complexity index is 913. The predicted molar refractivity (Wildman–Crippen MR) is 95.8 cm³/mol. The zero-order valence-corrected chi connectivity index (χ0v) is 14.3. The van der Waals surface area contributed by atoms with Gasteiger partial charge in [-0.1, -0.05) is 18.2 Å². The van der Waals surface area contributed by atoms with E-state index in [0.717, 1.165) is 4.90 Å². The molecule has 9 nitrogen and oxygen atoms in total. The van der Waals surface area contributed by atoms with Crippen LogP contribution in [-0.4, -0.2) is 34.2 Å². The summed E-state index contributed by atoms with van der Waals surface area (Å²) in [5.41, 5.74) is -0.595. The van der Waals surface area contributed by atoms with Crippen LogP contribution in [0.1, 0.15) is 12.5 Å². The van der Waals surface area contributed by atoms with E-state index in [-0.39, 0.29) is 5.69 Å². The normalized spacial score (nSPS) is 18.9. The van der Waals surface area contributed by atoms with Gasteiger partial charge in [-0.25, -0.2) is 4.79 Å². The fourth-order valence-electron chi connectivity index (χ4n) is 2.82. The van der Waals surface area contributed by atoms with Crippen molar-refractivity contribution < 1.29 is 19.3 Å². The van der Waals surface area contributed by atoms with Gasteiger partial charge in [-0.2, -0.15) is 0 Å². The highest BCUT2D eigenvalue weighted by Gasteiger charge is 2.49. The number of rotatable bonds is 5. The number of nitrogens with one attached hydrogen (secondary N) is 2. The maximum absolute atomic E-state index is 12.8. The monoisotopic (exact) mass is 368 g/mol. The van der Waals surface area contributed by atoms with Gasteiger partial charge in [0.2, 0.25) is 5.91 Å². The topological polar surface area (TPSA) is 122 Å². The van der Waals surface area contributed by atoms with Crippen molar-refractivity contribution in [1.82, 2.24) is 10.2 Å². The van der Waals surface area contributed by atoms with Gasteiger partial charge in [0.05, 0.1) is 4.92 Å². The largest absolute Gasteiger partial charge is 0.325 e. The van der Waals surface area contributed by atoms with Gasteiger partial charge in [0.15, 0.2) is 0 Å². The van der Waals surface area contributed by atoms with Crippen molar-refractivity contribution in [2.45, 2.75) is 12.5 Å². The number of anilines is 1. The lowest BCUT2D eigenvalue weighted by atomic mass is 9.92. The number of hydrogen-bond donors (Lipinski definition) is 2. The molecule has 1 aliphatic heterocycles. The van der Waals surface area contributed by atoms with E-state index in [1.165, 1.54) is 31.2 Å². The van der Waals surface area contributed by atoms with Crippen LogP contribution in [-0.2, 0) is 15.1 Å². The van der Waals surface area contributed by atoms with E-state index in [9.17, 15) is 24.5 Å². The van der Waals surface area contributed by atoms with E-state index < -0.39 is 34.9 Å². The van der Waals surface area contributed by atoms with Crippen molar-refractivity contribution in [2.24, 2.45) is 0 Å². The number of non-ortho nitro benzene ring substituents is 1. The number of para-hydroxylation sites is 1. The first-order valence-corrected chi connectivity index (χ1v) is 8.05. The maximum Gasteiger partial charge on any atom is 0.325 e. The first-order valence-electron chi connectivity index (χ1n) is 8.05. The second-order valence-corrected chi connectivity index (χ2v) is 6.16. The van der Waals surface area contributed by atoms with Crippen LogP contribution in [0, 0.1) is 10.1 Å². The summed E-state index contributed by atoms with van der Waals surface area (Å²) >= 11 is 0. The molecule has 2 N–H and O–H groups in total. The van der Waals surface area contributed by atoms with E-state index in [2.05, 4.69) is 10.6 Å². The SMILES string of the molecule is C[C@@]1(c2ccc([N+](=O)[O-])cc2)NC(=O)N(CC(=O)Nc2ccccc2)C1=O. The number of hydrogen-bond acceptors (Lipinski definition) is 5. The molecular weight excluding hydrogens is 352 g/mol. The van der Waals surface area contributed by atoms with Gasteiger partial charge in [-0.3, -0.25) is 24.6 Å². The summed E-state index contributed by atoms with van der Waals surface area (Å²) in [5, 5.41) is 15.9. The lowest BCUT2D eigenvalue weighted by Gasteiger charge is -2.22. The van der Waals surface area contributed by atoms with Crippen LogP contribution >= 0.6 is 0 Å². The highest BCUT2D eigenvalue weighted by molar-refractivity contribution is 6.10. The summed E-state index contributed by atoms with van der Waals surface area (Å²) in [7, 11) is 0. The summed E-state index contributed by atoms with van der Waals surface area (Å²) in [6.45, 7) is 1.05. The van der Waals surface area contributed by atoms with Crippen LogP contribution in [0.25, 0.3) is 0 Å². The summed E-state index contributed by atoms with van der Waals surface area (Å²) in [4.78, 5) is 48.2. The van der Waals surface area contributed by atoms with Gasteiger partial charge in [0.25, 0.3) is 11.6 Å². The third kappa shape index (κ3) is 3.47. The van der Waals surface area contributed by atoms with E-state index in [4.69, 9.17) is 0 Å². The standard InChI is InChI=1S/C18H16N4O5/c1-18(12-7-9-14(10-8-12)22(26)27)16(24)21(17(25)20-18)11-15(23)19-13-5-3-2-4-6-13/h2-10H,11H2,1H3,(H,19,23)(H,20,25)/t18-/m0/s1. The second kappa shape index (κ2) is 6.87. The number of amides is 4. The molecular formula is C18H16N4O5. The number of benzene rings is 2. The van der Waals surface area contributed by atoms with Gasteiger partial charge < -0.3 is 10.6 Å². The minimum Gasteiger partial charge on any atom is -0.325 e. The fourth-order valence-corrected chi connectivity index (χ4v) is 2.82. The molecule has 2 aromatic rings. The van der Waals surface area contributed by atoms with Gasteiger partial charge >= 0.3 is 6.03 Å². The predicted octanol–water partition coefficient (Wildman–Crippen LogP) is 2.00. The van der Waals surface area contributed by atoms with E-state index >= 15 is 0 Å². The Morgan fingerprint density at radius 2 is 1.78 bits per heavy atom. The number of urea groups is 1. The molecule has 1 aliphatic rings. The zero-order chi connectivity index (χ0) is 19.6. The van der Waals surface area contributed by atoms with Crippen LogP contribution < -0.4 is 10.6 Å². The summed E-state index contributed by atoms with van der Waals surface area (Å²) in [5.74, 6) is -1.12. The molecule has 1 atom stereocenters. The first kappa shape index (κ1) is 18.1. The fraction of sp³-hybridized carbons (Fsp3) is 0.167. The Kier molecular flexibility index (Phi) is 4.59. The number of carbonyl (C=O) groups is 3. The third-order valence-corrected chi connectivity index (χ3v) is 4.29. The van der Waals surface area contributed by atoms with Crippen LogP contribution in [0.15, 0.2) is 54.6 Å². The highest BCUT2D eigenvalue weighted by atomic mass is 16.6. The first-order chi connectivity index (χ1) is 12.8. The number of nitro benzene ring substituents is 1. The molecule has 1 fully saturated rings. The molecule has 0 aliphatic carbocycles. The molecule has 1 saturated heterocycles. The maximum atomic E-state index is 12.8. The molecule has 0 radical (unpaired) electrons. The van der Waals surface area contributed by atoms with Crippen LogP contribution in [0.2, 0.25) is 0 Å². The van der Waals surface area contributed by atoms with E-state index in [1.54, 1.807) is 30.3 Å². The number of nitrogens with zero attached hydrogens (tertiary/aromatic N) is 2. The smallest absolute Gasteiger partial charge is 0.325 e. The molecule has 27 heavy (non-hydrogen) atoms. The minimum absolute atomic E-state index is 0.127. The number of imide groups is 1. The average Bonchev–Trinajstić information content (AvgIpc) is 2.86. The average molecular weight is 368 g/mol. The molecule has 9 heteroatoms. The third-order valence-electron chi connectivity index (χ3n) is 4.29. The molecule has 0 aromatic heterocycles. The van der Waals surface area contributed by atoms with Crippen LogP contribution in [0.4, 0.5) is 16.2 Å². The Morgan fingerprint density at radius 1 is 1.15 bits per heavy atom. The van der Waals surface area contributed by atoms with Crippen molar-refractivity contribution >= 4 is 29.2 Å². The molecule has 138 valence electrons. The Morgan fingerprint density at radius 3 is 2.37 bits per heavy atom. The summed E-state index contributed by atoms with van der Waals surface area (Å²) < 4.78 is 0. The van der Waals surface area contributed by atoms with Crippen LogP contribution in [0.5, 0.6) is 0 Å². The quantitative estimate of drug-likeness (QED) is 0.475. The van der Waals surface area contributed by atoms with Gasteiger partial charge in [0.1, 0.15) is 12.1 Å². The van der Waals surface area contributed by atoms with Gasteiger partial charge in [0, 0.05) is 17.8 Å². The molecule has 3 rings (SSSR count). The van der Waals surface area contributed by atoms with Crippen molar-refractivity contribution in [3.8, 4) is 0 Å². The lowest BCUT2D eigenvalue weighted by Crippen LogP contribution is -2.42. The molecule has 1 heterocycles. The number of carbonyl (C=O) groups excluding carboxylic acids is 3. The molecule has 2 aromatic carbocycles. The second-order valence-electron chi connectivity index (χ2n) is 6.16. The van der Waals surface area contributed by atoms with Crippen molar-refractivity contribution in [2.75, 3.05) is 11.9 Å². The Hall–Kier alpha value is -3.75. The van der Waals surface area contributed by atoms with Gasteiger partial charge in [-0.05, 0) is 36.8 Å².